The number of imidazole rings is 1. The molecule has 1 fully saturated rings. The molecule has 1 N–H and O–H groups in total. The summed E-state index contributed by atoms with van der Waals surface area (Å²) in [6, 6.07) is 0. The maximum atomic E-state index is 5.60. The predicted octanol–water partition coefficient (Wildman–Crippen LogP) is 1.07. The van der Waals surface area contributed by atoms with Crippen molar-refractivity contribution < 1.29 is 9.47 Å². The van der Waals surface area contributed by atoms with Crippen molar-refractivity contribution in [3.05, 3.63) is 17.2 Å². The van der Waals surface area contributed by atoms with Crippen LogP contribution < -0.4 is 5.32 Å². The number of fused-ring (bicyclic) bond motifs is 1. The average Bonchev–Trinajstić information content (AvgIpc) is 3.21. The largest absolute Gasteiger partial charge is 0.382 e. The van der Waals surface area contributed by atoms with Crippen molar-refractivity contribution in [2.45, 2.75) is 38.3 Å². The molecule has 106 valence electrons. The van der Waals surface area contributed by atoms with Crippen molar-refractivity contribution in [3.8, 4) is 0 Å². The molecule has 1 aromatic rings. The fraction of sp³-hybridized carbons (Fsp3) is 0.786. The van der Waals surface area contributed by atoms with Crippen molar-refractivity contribution in [2.75, 3.05) is 33.5 Å². The van der Waals surface area contributed by atoms with Gasteiger partial charge in [0.2, 0.25) is 0 Å². The molecular formula is C14H23N3O2. The molecule has 1 saturated carbocycles. The Bertz CT molecular complexity index is 427. The summed E-state index contributed by atoms with van der Waals surface area (Å²) in [5.74, 6) is 1.99. The third-order valence-electron chi connectivity index (χ3n) is 3.85. The Balaban J connectivity index is 1.66. The maximum Gasteiger partial charge on any atom is 0.112 e. The van der Waals surface area contributed by atoms with Crippen LogP contribution in [0.2, 0.25) is 0 Å². The molecule has 0 spiro atoms. The zero-order valence-electron chi connectivity index (χ0n) is 11.7. The molecule has 19 heavy (non-hydrogen) atoms. The fourth-order valence-corrected chi connectivity index (χ4v) is 2.69. The van der Waals surface area contributed by atoms with Crippen molar-refractivity contribution in [1.82, 2.24) is 14.9 Å². The first-order chi connectivity index (χ1) is 9.40. The topological polar surface area (TPSA) is 48.3 Å². The van der Waals surface area contributed by atoms with E-state index >= 15 is 0 Å². The first-order valence-corrected chi connectivity index (χ1v) is 7.25. The van der Waals surface area contributed by atoms with Crippen LogP contribution in [0, 0.1) is 0 Å². The van der Waals surface area contributed by atoms with Crippen LogP contribution in [0.1, 0.15) is 36.0 Å². The van der Waals surface area contributed by atoms with E-state index in [1.807, 2.05) is 0 Å². The number of nitrogens with one attached hydrogen (secondary N) is 1. The summed E-state index contributed by atoms with van der Waals surface area (Å²) in [5.41, 5.74) is 2.68. The molecule has 0 bridgehead atoms. The Kier molecular flexibility index (Phi) is 4.15. The van der Waals surface area contributed by atoms with Crippen LogP contribution in [-0.4, -0.2) is 43.0 Å². The molecule has 0 radical (unpaired) electrons. The van der Waals surface area contributed by atoms with E-state index in [1.165, 1.54) is 30.1 Å². The second kappa shape index (κ2) is 6.03. The first-order valence-electron chi connectivity index (χ1n) is 7.25. The molecule has 1 aliphatic heterocycles. The van der Waals surface area contributed by atoms with Gasteiger partial charge in [-0.3, -0.25) is 0 Å². The van der Waals surface area contributed by atoms with E-state index in [9.17, 15) is 0 Å². The summed E-state index contributed by atoms with van der Waals surface area (Å²) in [5, 5.41) is 3.40. The number of nitrogens with zero attached hydrogens (tertiary/aromatic N) is 2. The number of aromatic nitrogens is 2. The first kappa shape index (κ1) is 13.1. The zero-order chi connectivity index (χ0) is 13.1. The Morgan fingerprint density at radius 2 is 2.21 bits per heavy atom. The summed E-state index contributed by atoms with van der Waals surface area (Å²) >= 11 is 0. The van der Waals surface area contributed by atoms with Gasteiger partial charge in [-0.2, -0.15) is 0 Å². The SMILES string of the molecule is COCCOCCn1c(C2CC2)nc2c1CCNC2. The molecule has 0 aromatic carbocycles. The van der Waals surface area contributed by atoms with Gasteiger partial charge in [-0.15, -0.1) is 0 Å². The van der Waals surface area contributed by atoms with E-state index < -0.39 is 0 Å². The minimum Gasteiger partial charge on any atom is -0.382 e. The van der Waals surface area contributed by atoms with Gasteiger partial charge >= 0.3 is 0 Å². The summed E-state index contributed by atoms with van der Waals surface area (Å²) in [6.07, 6.45) is 3.69. The lowest BCUT2D eigenvalue weighted by Crippen LogP contribution is -2.25. The summed E-state index contributed by atoms with van der Waals surface area (Å²) in [6.45, 7) is 5.01. The molecule has 5 heteroatoms. The van der Waals surface area contributed by atoms with E-state index in [0.717, 1.165) is 32.7 Å². The lowest BCUT2D eigenvalue weighted by Gasteiger charge is -2.16. The van der Waals surface area contributed by atoms with Crippen LogP contribution in [0.15, 0.2) is 0 Å². The maximum absolute atomic E-state index is 5.60. The lowest BCUT2D eigenvalue weighted by molar-refractivity contribution is 0.0660. The van der Waals surface area contributed by atoms with Crippen LogP contribution in [0.25, 0.3) is 0 Å². The summed E-state index contributed by atoms with van der Waals surface area (Å²) in [4.78, 5) is 4.85. The van der Waals surface area contributed by atoms with Gasteiger partial charge in [-0.1, -0.05) is 0 Å². The van der Waals surface area contributed by atoms with E-state index in [1.54, 1.807) is 7.11 Å². The zero-order valence-corrected chi connectivity index (χ0v) is 11.7. The second-order valence-corrected chi connectivity index (χ2v) is 5.32. The van der Waals surface area contributed by atoms with Gasteiger partial charge in [0, 0.05) is 44.8 Å². The van der Waals surface area contributed by atoms with Crippen molar-refractivity contribution in [3.63, 3.8) is 0 Å². The standard InChI is InChI=1S/C14H23N3O2/c1-18-8-9-19-7-6-17-13-4-5-15-10-12(13)16-14(17)11-2-3-11/h11,15H,2-10H2,1H3. The minimum absolute atomic E-state index is 0.668. The molecule has 2 heterocycles. The minimum atomic E-state index is 0.668. The van der Waals surface area contributed by atoms with E-state index in [0.29, 0.717) is 19.1 Å². The van der Waals surface area contributed by atoms with Gasteiger partial charge in [0.15, 0.2) is 0 Å². The number of methoxy groups -OCH3 is 1. The normalized spacial score (nSPS) is 18.6. The van der Waals surface area contributed by atoms with Crippen LogP contribution >= 0.6 is 0 Å². The lowest BCUT2D eigenvalue weighted by atomic mass is 10.2. The molecule has 1 aliphatic carbocycles. The van der Waals surface area contributed by atoms with Gasteiger partial charge in [0.05, 0.1) is 25.5 Å². The Morgan fingerprint density at radius 1 is 1.32 bits per heavy atom. The van der Waals surface area contributed by atoms with Crippen LogP contribution in [0.4, 0.5) is 0 Å². The molecule has 0 saturated heterocycles. The smallest absolute Gasteiger partial charge is 0.112 e. The highest BCUT2D eigenvalue weighted by Gasteiger charge is 2.31. The van der Waals surface area contributed by atoms with Gasteiger partial charge in [-0.05, 0) is 12.8 Å². The fourth-order valence-electron chi connectivity index (χ4n) is 2.69. The quantitative estimate of drug-likeness (QED) is 0.749. The molecular weight excluding hydrogens is 242 g/mol. The summed E-state index contributed by atoms with van der Waals surface area (Å²) in [7, 11) is 1.70. The van der Waals surface area contributed by atoms with Crippen LogP contribution in [0.5, 0.6) is 0 Å². The number of hydrogen-bond donors (Lipinski definition) is 1. The Morgan fingerprint density at radius 3 is 3.00 bits per heavy atom. The van der Waals surface area contributed by atoms with E-state index in [-0.39, 0.29) is 0 Å². The highest BCUT2D eigenvalue weighted by atomic mass is 16.5. The third kappa shape index (κ3) is 2.99. The summed E-state index contributed by atoms with van der Waals surface area (Å²) < 4.78 is 13.0. The van der Waals surface area contributed by atoms with Gasteiger partial charge in [-0.25, -0.2) is 4.98 Å². The number of ether oxygens (including phenoxy) is 2. The second-order valence-electron chi connectivity index (χ2n) is 5.32. The van der Waals surface area contributed by atoms with Crippen molar-refractivity contribution in [2.24, 2.45) is 0 Å². The molecule has 3 rings (SSSR count). The molecule has 0 unspecified atom stereocenters. The number of rotatable bonds is 7. The van der Waals surface area contributed by atoms with Crippen molar-refractivity contribution in [1.29, 1.82) is 0 Å². The van der Waals surface area contributed by atoms with Crippen LogP contribution in [-0.2, 0) is 29.0 Å². The Hall–Kier alpha value is -0.910. The number of hydrogen-bond acceptors (Lipinski definition) is 4. The van der Waals surface area contributed by atoms with Gasteiger partial charge in [0.25, 0.3) is 0 Å². The van der Waals surface area contributed by atoms with E-state index in [2.05, 4.69) is 9.88 Å². The molecule has 0 amide bonds. The molecule has 1 aromatic heterocycles. The molecule has 5 nitrogen and oxygen atoms in total. The Labute approximate surface area is 114 Å². The molecule has 2 aliphatic rings. The monoisotopic (exact) mass is 265 g/mol. The average molecular weight is 265 g/mol. The highest BCUT2D eigenvalue weighted by Crippen LogP contribution is 2.40. The highest BCUT2D eigenvalue weighted by molar-refractivity contribution is 5.24. The van der Waals surface area contributed by atoms with E-state index in [4.69, 9.17) is 14.5 Å². The van der Waals surface area contributed by atoms with Crippen molar-refractivity contribution >= 4 is 0 Å². The molecule has 0 atom stereocenters. The third-order valence-corrected chi connectivity index (χ3v) is 3.85. The van der Waals surface area contributed by atoms with Gasteiger partial charge < -0.3 is 19.4 Å². The predicted molar refractivity (Wildman–Crippen MR) is 72.3 cm³/mol. The van der Waals surface area contributed by atoms with Gasteiger partial charge in [0.1, 0.15) is 5.82 Å². The van der Waals surface area contributed by atoms with Crippen LogP contribution in [0.3, 0.4) is 0 Å².